The average Bonchev–Trinajstić information content (AvgIpc) is 1.39. The summed E-state index contributed by atoms with van der Waals surface area (Å²) >= 11 is 0. The summed E-state index contributed by atoms with van der Waals surface area (Å²) in [6.45, 7) is 6.86. The van der Waals surface area contributed by atoms with Gasteiger partial charge in [-0.15, -0.1) is 11.8 Å². The second-order valence-electron chi connectivity index (χ2n) is 28.8. The van der Waals surface area contributed by atoms with Crippen molar-refractivity contribution in [3.63, 3.8) is 0 Å². The zero-order valence-electron chi connectivity index (χ0n) is 54.4. The Bertz CT molecular complexity index is 3770. The summed E-state index contributed by atoms with van der Waals surface area (Å²) in [5.74, 6) is 15.1. The second kappa shape index (κ2) is 26.8. The molecule has 9 aliphatic rings. The van der Waals surface area contributed by atoms with Crippen LogP contribution in [0, 0.1) is 63.6 Å². The van der Waals surface area contributed by atoms with Gasteiger partial charge in [0.2, 0.25) is 5.75 Å². The molecule has 2 aromatic carbocycles. The number of aromatic nitrogens is 3. The number of aromatic amines is 1. The Kier molecular flexibility index (Phi) is 18.1. The number of aliphatic hydroxyl groups excluding tert-OH is 1. The number of benzene rings is 2. The van der Waals surface area contributed by atoms with E-state index in [0.717, 1.165) is 99.3 Å². The van der Waals surface area contributed by atoms with Gasteiger partial charge in [0.1, 0.15) is 24.6 Å². The summed E-state index contributed by atoms with van der Waals surface area (Å²) in [6.07, 6.45) is 25.7. The van der Waals surface area contributed by atoms with Crippen molar-refractivity contribution in [2.75, 3.05) is 32.8 Å². The van der Waals surface area contributed by atoms with E-state index in [9.17, 15) is 25.2 Å². The van der Waals surface area contributed by atoms with Gasteiger partial charge in [0.25, 0.3) is 0 Å². The number of nitrogens with two attached hydrogens (primary N) is 1. The summed E-state index contributed by atoms with van der Waals surface area (Å²) in [5.41, 5.74) is 9.19. The number of carbonyl (C=O) groups is 1. The Morgan fingerprint density at radius 3 is 2.64 bits per heavy atom. The topological polar surface area (TPSA) is 267 Å². The van der Waals surface area contributed by atoms with Gasteiger partial charge in [0.15, 0.2) is 29.0 Å². The lowest BCUT2D eigenvalue weighted by Crippen LogP contribution is -2.75. The molecule has 14 rings (SSSR count). The Morgan fingerprint density at radius 2 is 1.82 bits per heavy atom. The van der Waals surface area contributed by atoms with Crippen molar-refractivity contribution in [1.29, 1.82) is 0 Å². The van der Waals surface area contributed by atoms with E-state index in [0.29, 0.717) is 87.0 Å². The first-order valence-corrected chi connectivity index (χ1v) is 34.9. The highest BCUT2D eigenvalue weighted by Crippen LogP contribution is 2.66. The number of phenols is 3. The number of hydrogen-bond donors (Lipinski definition) is 11. The van der Waals surface area contributed by atoms with E-state index in [1.807, 2.05) is 30.5 Å². The van der Waals surface area contributed by atoms with Gasteiger partial charge in [-0.1, -0.05) is 62.7 Å². The van der Waals surface area contributed by atoms with Gasteiger partial charge in [-0.2, -0.15) is 0 Å². The monoisotopic (exact) mass is 1280 g/mol. The number of phenolic OH excluding ortho intramolecular Hbond substituents is 3. The van der Waals surface area contributed by atoms with Gasteiger partial charge in [-0.25, -0.2) is 0 Å². The van der Waals surface area contributed by atoms with E-state index in [1.165, 1.54) is 31.4 Å². The third kappa shape index (κ3) is 12.5. The molecule has 3 aromatic heterocycles. The molecule has 94 heavy (non-hydrogen) atoms. The first kappa shape index (κ1) is 63.6. The molecule has 12 N–H and O–H groups in total. The lowest BCUT2D eigenvalue weighted by Gasteiger charge is -2.57. The molecule has 2 saturated heterocycles. The molecule has 5 aromatic rings. The lowest BCUT2D eigenvalue weighted by atomic mass is 9.58. The van der Waals surface area contributed by atoms with E-state index in [1.54, 1.807) is 24.5 Å². The number of hydrogen-bond acceptors (Lipinski definition) is 15. The number of dihydropyridines is 1. The SMILES string of the molecule is CCNC[C@H]1CCC2(CCCC2)[C@]1(CN=C1N[C@@H](n2cc3cc[nH]c3c2)[C@@H]2[C@H](O)N[C@H]3CCCC[C@@H]3C#CC[C@]3([C@H]4C[C@@H](OC(C)=O)C[C@@H](c5cc(O)c(O)c(OCCc6cccnc6)c5)O4)CC#C[C@@H]4[C@H](CCC[C@@]24N1)Oc1cc(ccc1O)C3)CC1=CCNC(N)=C1. The maximum absolute atomic E-state index is 13.7. The molecule has 6 fully saturated rings. The van der Waals surface area contributed by atoms with Gasteiger partial charge in [-0.3, -0.25) is 20.1 Å². The number of ether oxygens (including phenoxy) is 4. The van der Waals surface area contributed by atoms with Crippen LogP contribution < -0.4 is 41.8 Å². The smallest absolute Gasteiger partial charge is 0.302 e. The predicted octanol–water partition coefficient (Wildman–Crippen LogP) is 9.70. The largest absolute Gasteiger partial charge is 0.504 e. The van der Waals surface area contributed by atoms with Crippen molar-refractivity contribution < 1.29 is 44.2 Å². The molecule has 5 aliphatic heterocycles. The molecule has 498 valence electrons. The number of H-pyrrole nitrogens is 1. The average molecular weight is 1280 g/mol. The molecule has 0 radical (unpaired) electrons. The Balaban J connectivity index is 0.917. The van der Waals surface area contributed by atoms with Gasteiger partial charge >= 0.3 is 5.97 Å². The van der Waals surface area contributed by atoms with E-state index in [-0.39, 0.29) is 58.8 Å². The highest BCUT2D eigenvalue weighted by atomic mass is 16.6. The summed E-state index contributed by atoms with van der Waals surface area (Å²) in [5, 5.41) is 68.8. The second-order valence-corrected chi connectivity index (χ2v) is 28.8. The van der Waals surface area contributed by atoms with Crippen LogP contribution in [0.15, 0.2) is 108 Å². The molecule has 19 heteroatoms. The first-order chi connectivity index (χ1) is 45.7. The zero-order valence-corrected chi connectivity index (χ0v) is 54.4. The van der Waals surface area contributed by atoms with Gasteiger partial charge in [0.05, 0.1) is 47.5 Å². The van der Waals surface area contributed by atoms with Gasteiger partial charge in [0, 0.05) is 111 Å². The molecule has 8 heterocycles. The number of rotatable bonds is 15. The number of carbonyl (C=O) groups excluding carboxylic acids is 1. The predicted molar refractivity (Wildman–Crippen MR) is 359 cm³/mol. The van der Waals surface area contributed by atoms with Crippen LogP contribution in [0.3, 0.4) is 0 Å². The molecular formula is C75H94N10O9. The number of nitrogens with zero attached hydrogens (tertiary/aromatic N) is 3. The highest BCUT2D eigenvalue weighted by molar-refractivity contribution is 5.83. The van der Waals surface area contributed by atoms with E-state index < -0.39 is 65.6 Å². The molecule has 19 nitrogen and oxygen atoms in total. The number of fused-ring (bicyclic) bond motifs is 6. The van der Waals surface area contributed by atoms with Crippen molar-refractivity contribution in [2.24, 2.45) is 50.6 Å². The molecule has 2 spiro atoms. The number of guanidine groups is 1. The molecule has 4 aliphatic carbocycles. The fraction of sp³-hybridized carbons (Fsp3) is 0.560. The minimum Gasteiger partial charge on any atom is -0.504 e. The number of pyridine rings is 1. The number of aromatic hydroxyl groups is 3. The van der Waals surface area contributed by atoms with Crippen molar-refractivity contribution in [2.45, 2.75) is 191 Å². The fourth-order valence-electron chi connectivity index (χ4n) is 18.7. The van der Waals surface area contributed by atoms with Crippen molar-refractivity contribution >= 4 is 22.8 Å². The minimum atomic E-state index is -1.08. The number of allylic oxidation sites excluding steroid dienone is 2. The van der Waals surface area contributed by atoms with Crippen LogP contribution in [0.4, 0.5) is 0 Å². The van der Waals surface area contributed by atoms with Crippen LogP contribution in [0.5, 0.6) is 28.7 Å². The van der Waals surface area contributed by atoms with E-state index in [4.69, 9.17) is 29.7 Å². The lowest BCUT2D eigenvalue weighted by molar-refractivity contribution is -0.174. The normalized spacial score (nSPS) is 33.1. The van der Waals surface area contributed by atoms with Gasteiger partial charge < -0.3 is 75.9 Å². The van der Waals surface area contributed by atoms with Gasteiger partial charge in [-0.05, 0) is 160 Å². The quantitative estimate of drug-likeness (QED) is 0.0265. The number of aliphatic imine (C=N–C) groups is 1. The van der Waals surface area contributed by atoms with Crippen LogP contribution >= 0.6 is 0 Å². The molecule has 4 bridgehead atoms. The molecule has 0 amide bonds. The maximum Gasteiger partial charge on any atom is 0.302 e. The van der Waals surface area contributed by atoms with Crippen molar-refractivity contribution in [1.82, 2.24) is 41.1 Å². The standard InChI is InChI=1S/C75H94N10O9/c1-3-77-43-54-20-29-73(26-6-7-27-73)74(54,41-50-21-31-80-66(76)35-50)46-81-71-83-69(85-44-52-22-32-79-58(52)45-85)67-70(90)82-57-16-5-4-13-51(57)14-8-24-72(25-9-15-56-61(17-10-28-75(56,67)84-71)93-63-34-49(40-72)18-19-59(63)87)65-39-55(92-47(2)86)38-62(94-65)53-36-60(88)68(89)64(37-53)91-33-23-48-12-11-30-78-42-48/h11-12,18-19,21-22,30,32,34-37,42,44-45,51,54-57,61-62,65,67,69-70,77,79-80,82,87-90H,3-7,10,13,16-17,20,23-29,31,33,38-41,43,46,76H2,1-2H3,(H2,81,83,84)/t51-,54-,55+,56-,57+,61+,62+,65-,67-,69+,70+,72+,74+,75+/m1/s1. The van der Waals surface area contributed by atoms with E-state index in [2.05, 4.69) is 102 Å². The van der Waals surface area contributed by atoms with Crippen LogP contribution in [-0.4, -0.2) is 116 Å². The summed E-state index contributed by atoms with van der Waals surface area (Å²) in [7, 11) is 0. The summed E-state index contributed by atoms with van der Waals surface area (Å²) in [6, 6.07) is 14.6. The Labute approximate surface area is 551 Å². The zero-order chi connectivity index (χ0) is 64.6. The maximum atomic E-state index is 13.7. The highest BCUT2D eigenvalue weighted by Gasteiger charge is 2.62. The third-order valence-corrected chi connectivity index (χ3v) is 23.2. The number of nitrogens with one attached hydrogen (secondary N) is 6. The van der Waals surface area contributed by atoms with Crippen molar-refractivity contribution in [3.05, 3.63) is 120 Å². The summed E-state index contributed by atoms with van der Waals surface area (Å²) < 4.78 is 29.5. The van der Waals surface area contributed by atoms with Crippen LogP contribution in [0.25, 0.3) is 10.9 Å². The van der Waals surface area contributed by atoms with Crippen molar-refractivity contribution in [3.8, 4) is 52.4 Å². The van der Waals surface area contributed by atoms with Crippen LogP contribution in [-0.2, 0) is 27.1 Å². The third-order valence-electron chi connectivity index (χ3n) is 23.2. The Morgan fingerprint density at radius 1 is 0.957 bits per heavy atom. The van der Waals surface area contributed by atoms with E-state index >= 15 is 0 Å². The molecule has 0 unspecified atom stereocenters. The summed E-state index contributed by atoms with van der Waals surface area (Å²) in [4.78, 5) is 26.9. The molecule has 14 atom stereocenters. The number of esters is 1. The first-order valence-electron chi connectivity index (χ1n) is 34.9. The minimum absolute atomic E-state index is 0.00514. The Hall–Kier alpha value is -7.81. The number of aliphatic hydroxyl groups is 1. The van der Waals surface area contributed by atoms with Crippen LogP contribution in [0.1, 0.15) is 158 Å². The fourth-order valence-corrected chi connectivity index (χ4v) is 18.7. The molecular weight excluding hydrogens is 1180 g/mol. The molecule has 4 saturated carbocycles. The van der Waals surface area contributed by atoms with Crippen LogP contribution in [0.2, 0.25) is 0 Å².